The first kappa shape index (κ1) is 14.8. The number of nitrogens with zero attached hydrogens (tertiary/aromatic N) is 2. The molecule has 0 saturated heterocycles. The number of rotatable bonds is 5. The first-order chi connectivity index (χ1) is 9.65. The molecule has 1 saturated carbocycles. The van der Waals surface area contributed by atoms with Crippen molar-refractivity contribution in [2.75, 3.05) is 11.9 Å². The third-order valence-electron chi connectivity index (χ3n) is 3.53. The number of hydrogen-bond acceptors (Lipinski definition) is 4. The minimum Gasteiger partial charge on any atom is -0.366 e. The average molecular weight is 276 g/mol. The Morgan fingerprint density at radius 2 is 2.00 bits per heavy atom. The van der Waals surface area contributed by atoms with Crippen LogP contribution in [0.25, 0.3) is 0 Å². The predicted octanol–water partition coefficient (Wildman–Crippen LogP) is 2.61. The summed E-state index contributed by atoms with van der Waals surface area (Å²) in [7, 11) is 0. The van der Waals surface area contributed by atoms with Crippen LogP contribution >= 0.6 is 0 Å². The highest BCUT2D eigenvalue weighted by Gasteiger charge is 2.14. The molecule has 5 heteroatoms. The van der Waals surface area contributed by atoms with Gasteiger partial charge in [-0.15, -0.1) is 10.2 Å². The van der Waals surface area contributed by atoms with Crippen LogP contribution in [0, 0.1) is 5.92 Å². The Balaban J connectivity index is 1.87. The first-order valence-corrected chi connectivity index (χ1v) is 7.53. The second kappa shape index (κ2) is 7.22. The Labute approximate surface area is 120 Å². The van der Waals surface area contributed by atoms with Crippen molar-refractivity contribution >= 4 is 11.7 Å². The third kappa shape index (κ3) is 4.47. The van der Waals surface area contributed by atoms with Crippen LogP contribution < -0.4 is 10.6 Å². The van der Waals surface area contributed by atoms with E-state index in [1.54, 1.807) is 6.07 Å². The van der Waals surface area contributed by atoms with Crippen molar-refractivity contribution < 1.29 is 4.79 Å². The molecule has 5 nitrogen and oxygen atoms in total. The standard InChI is InChI=1S/C15H24N4O/c1-11(2)10-16-15(20)13-8-9-14(19-18-13)17-12-6-4-3-5-7-12/h8-9,11-12H,3-7,10H2,1-2H3,(H,16,20)(H,17,19). The van der Waals surface area contributed by atoms with Crippen LogP contribution in [0.1, 0.15) is 56.4 Å². The molecule has 2 N–H and O–H groups in total. The van der Waals surface area contributed by atoms with E-state index in [0.29, 0.717) is 24.2 Å². The molecule has 0 radical (unpaired) electrons. The van der Waals surface area contributed by atoms with Gasteiger partial charge in [0.25, 0.3) is 5.91 Å². The van der Waals surface area contributed by atoms with Crippen LogP contribution in [-0.4, -0.2) is 28.7 Å². The zero-order valence-electron chi connectivity index (χ0n) is 12.4. The SMILES string of the molecule is CC(C)CNC(=O)c1ccc(NC2CCCCC2)nn1. The van der Waals surface area contributed by atoms with Crippen molar-refractivity contribution in [3.8, 4) is 0 Å². The highest BCUT2D eigenvalue weighted by atomic mass is 16.1. The highest BCUT2D eigenvalue weighted by molar-refractivity contribution is 5.92. The summed E-state index contributed by atoms with van der Waals surface area (Å²) >= 11 is 0. The molecular weight excluding hydrogens is 252 g/mol. The van der Waals surface area contributed by atoms with E-state index in [1.165, 1.54) is 32.1 Å². The van der Waals surface area contributed by atoms with Gasteiger partial charge in [0, 0.05) is 12.6 Å². The number of carbonyl (C=O) groups is 1. The molecule has 1 aliphatic carbocycles. The maximum atomic E-state index is 11.8. The number of hydrogen-bond donors (Lipinski definition) is 2. The van der Waals surface area contributed by atoms with Crippen molar-refractivity contribution in [2.45, 2.75) is 52.0 Å². The van der Waals surface area contributed by atoms with Gasteiger partial charge < -0.3 is 10.6 Å². The summed E-state index contributed by atoms with van der Waals surface area (Å²) in [5.74, 6) is 1.03. The van der Waals surface area contributed by atoms with Crippen LogP contribution in [0.4, 0.5) is 5.82 Å². The van der Waals surface area contributed by atoms with E-state index in [0.717, 1.165) is 5.82 Å². The fraction of sp³-hybridized carbons (Fsp3) is 0.667. The molecule has 1 aromatic heterocycles. The summed E-state index contributed by atoms with van der Waals surface area (Å²) in [4.78, 5) is 11.8. The van der Waals surface area contributed by atoms with Crippen molar-refractivity contribution in [3.05, 3.63) is 17.8 Å². The lowest BCUT2D eigenvalue weighted by molar-refractivity contribution is 0.0943. The Kier molecular flexibility index (Phi) is 5.32. The minimum atomic E-state index is -0.157. The topological polar surface area (TPSA) is 66.9 Å². The van der Waals surface area contributed by atoms with Crippen molar-refractivity contribution in [3.63, 3.8) is 0 Å². The molecule has 1 aromatic rings. The summed E-state index contributed by atoms with van der Waals surface area (Å²) in [6, 6.07) is 4.07. The van der Waals surface area contributed by atoms with Crippen LogP contribution in [0.5, 0.6) is 0 Å². The van der Waals surface area contributed by atoms with Gasteiger partial charge in [0.15, 0.2) is 5.69 Å². The second-order valence-corrected chi connectivity index (χ2v) is 5.89. The van der Waals surface area contributed by atoms with Gasteiger partial charge in [-0.3, -0.25) is 4.79 Å². The average Bonchev–Trinajstić information content (AvgIpc) is 2.46. The van der Waals surface area contributed by atoms with E-state index in [4.69, 9.17) is 0 Å². The zero-order chi connectivity index (χ0) is 14.4. The van der Waals surface area contributed by atoms with Crippen LogP contribution in [0.3, 0.4) is 0 Å². The van der Waals surface area contributed by atoms with Crippen molar-refractivity contribution in [1.82, 2.24) is 15.5 Å². The van der Waals surface area contributed by atoms with Gasteiger partial charge in [-0.05, 0) is 30.9 Å². The van der Waals surface area contributed by atoms with Gasteiger partial charge in [0.1, 0.15) is 5.82 Å². The Bertz CT molecular complexity index is 424. The molecule has 1 fully saturated rings. The van der Waals surface area contributed by atoms with E-state index in [9.17, 15) is 4.79 Å². The molecule has 1 heterocycles. The highest BCUT2D eigenvalue weighted by Crippen LogP contribution is 2.20. The van der Waals surface area contributed by atoms with Crippen molar-refractivity contribution in [2.24, 2.45) is 5.92 Å². The molecule has 1 aliphatic rings. The largest absolute Gasteiger partial charge is 0.366 e. The van der Waals surface area contributed by atoms with Crippen LogP contribution in [0.2, 0.25) is 0 Å². The summed E-state index contributed by atoms with van der Waals surface area (Å²) in [5.41, 5.74) is 0.375. The lowest BCUT2D eigenvalue weighted by Crippen LogP contribution is -2.28. The van der Waals surface area contributed by atoms with E-state index >= 15 is 0 Å². The Hall–Kier alpha value is -1.65. The number of carbonyl (C=O) groups excluding carboxylic acids is 1. The maximum absolute atomic E-state index is 11.8. The maximum Gasteiger partial charge on any atom is 0.271 e. The molecule has 0 unspecified atom stereocenters. The molecule has 0 spiro atoms. The van der Waals surface area contributed by atoms with Gasteiger partial charge in [0.05, 0.1) is 0 Å². The lowest BCUT2D eigenvalue weighted by Gasteiger charge is -2.22. The molecular formula is C15H24N4O. The summed E-state index contributed by atoms with van der Waals surface area (Å²) in [6.45, 7) is 4.77. The number of anilines is 1. The van der Waals surface area contributed by atoms with E-state index in [-0.39, 0.29) is 5.91 Å². The van der Waals surface area contributed by atoms with E-state index < -0.39 is 0 Å². The van der Waals surface area contributed by atoms with Crippen LogP contribution in [-0.2, 0) is 0 Å². The molecule has 0 atom stereocenters. The summed E-state index contributed by atoms with van der Waals surface area (Å²) in [5, 5.41) is 14.3. The number of amides is 1. The molecule has 110 valence electrons. The monoisotopic (exact) mass is 276 g/mol. The van der Waals surface area contributed by atoms with Gasteiger partial charge in [-0.25, -0.2) is 0 Å². The smallest absolute Gasteiger partial charge is 0.271 e. The second-order valence-electron chi connectivity index (χ2n) is 5.89. The Morgan fingerprint density at radius 1 is 1.25 bits per heavy atom. The molecule has 20 heavy (non-hydrogen) atoms. The predicted molar refractivity (Wildman–Crippen MR) is 79.7 cm³/mol. The number of aromatic nitrogens is 2. The van der Waals surface area contributed by atoms with E-state index in [2.05, 4.69) is 34.7 Å². The normalized spacial score (nSPS) is 16.1. The van der Waals surface area contributed by atoms with Gasteiger partial charge in [0.2, 0.25) is 0 Å². The molecule has 0 aromatic carbocycles. The summed E-state index contributed by atoms with van der Waals surface area (Å²) in [6.07, 6.45) is 6.27. The minimum absolute atomic E-state index is 0.157. The Morgan fingerprint density at radius 3 is 2.60 bits per heavy atom. The quantitative estimate of drug-likeness (QED) is 0.867. The van der Waals surface area contributed by atoms with Gasteiger partial charge in [-0.2, -0.15) is 0 Å². The van der Waals surface area contributed by atoms with Crippen LogP contribution in [0.15, 0.2) is 12.1 Å². The fourth-order valence-corrected chi connectivity index (χ4v) is 2.37. The third-order valence-corrected chi connectivity index (χ3v) is 3.53. The van der Waals surface area contributed by atoms with Crippen molar-refractivity contribution in [1.29, 1.82) is 0 Å². The van der Waals surface area contributed by atoms with Gasteiger partial charge in [-0.1, -0.05) is 33.1 Å². The molecule has 2 rings (SSSR count). The fourth-order valence-electron chi connectivity index (χ4n) is 2.37. The number of nitrogens with one attached hydrogen (secondary N) is 2. The van der Waals surface area contributed by atoms with Gasteiger partial charge >= 0.3 is 0 Å². The van der Waals surface area contributed by atoms with E-state index in [1.807, 2.05) is 6.07 Å². The summed E-state index contributed by atoms with van der Waals surface area (Å²) < 4.78 is 0. The molecule has 0 bridgehead atoms. The lowest BCUT2D eigenvalue weighted by atomic mass is 9.95. The first-order valence-electron chi connectivity index (χ1n) is 7.53. The molecule has 0 aliphatic heterocycles. The zero-order valence-corrected chi connectivity index (χ0v) is 12.4. The molecule has 1 amide bonds.